The number of H-pyrrole nitrogens is 1. The van der Waals surface area contributed by atoms with Crippen LogP contribution < -0.4 is 27.4 Å². The molecule has 212 valence electrons. The van der Waals surface area contributed by atoms with Gasteiger partial charge >= 0.3 is 11.9 Å². The summed E-state index contributed by atoms with van der Waals surface area (Å²) in [5.41, 5.74) is 12.4. The van der Waals surface area contributed by atoms with Crippen molar-refractivity contribution < 1.29 is 39.0 Å². The fraction of sp³-hybridized carbons (Fsp3) is 0.440. The average Bonchev–Trinajstić information content (AvgIpc) is 3.26. The minimum atomic E-state index is -1.50. The molecule has 0 aliphatic heterocycles. The van der Waals surface area contributed by atoms with E-state index in [1.54, 1.807) is 26.1 Å². The van der Waals surface area contributed by atoms with Gasteiger partial charge in [-0.05, 0) is 24.0 Å². The molecule has 14 nitrogen and oxygen atoms in total. The highest BCUT2D eigenvalue weighted by Crippen LogP contribution is 2.19. The van der Waals surface area contributed by atoms with Crippen molar-refractivity contribution in [1.29, 1.82) is 0 Å². The molecule has 0 fully saturated rings. The molecular weight excluding hydrogens is 512 g/mol. The lowest BCUT2D eigenvalue weighted by atomic mass is 10.00. The van der Waals surface area contributed by atoms with Gasteiger partial charge in [-0.3, -0.25) is 24.0 Å². The largest absolute Gasteiger partial charge is 0.481 e. The van der Waals surface area contributed by atoms with E-state index in [9.17, 15) is 33.9 Å². The third kappa shape index (κ3) is 9.10. The SMILES string of the molecule is CC(C)C(NC(=O)C(CC(N)=O)NC(=O)C(N)CCC(=O)O)C(=O)NC(Cc1c[nH]c2ccccc12)C(=O)O. The predicted molar refractivity (Wildman–Crippen MR) is 139 cm³/mol. The number of para-hydroxylation sites is 1. The molecule has 1 aromatic heterocycles. The lowest BCUT2D eigenvalue weighted by molar-refractivity contribution is -0.142. The molecule has 0 radical (unpaired) electrons. The molecule has 2 aromatic rings. The number of aromatic amines is 1. The summed E-state index contributed by atoms with van der Waals surface area (Å²) in [7, 11) is 0. The minimum Gasteiger partial charge on any atom is -0.481 e. The van der Waals surface area contributed by atoms with Gasteiger partial charge in [-0.25, -0.2) is 4.79 Å². The van der Waals surface area contributed by atoms with Gasteiger partial charge in [0, 0.05) is 29.9 Å². The summed E-state index contributed by atoms with van der Waals surface area (Å²) in [6.45, 7) is 3.23. The summed E-state index contributed by atoms with van der Waals surface area (Å²) in [5.74, 6) is -6.48. The molecule has 1 aromatic carbocycles. The Morgan fingerprint density at radius 1 is 0.923 bits per heavy atom. The maximum Gasteiger partial charge on any atom is 0.326 e. The fourth-order valence-corrected chi connectivity index (χ4v) is 3.87. The highest BCUT2D eigenvalue weighted by Gasteiger charge is 2.33. The summed E-state index contributed by atoms with van der Waals surface area (Å²) < 4.78 is 0. The number of carboxylic acid groups (broad SMARTS) is 2. The molecule has 14 heteroatoms. The van der Waals surface area contributed by atoms with Crippen molar-refractivity contribution in [1.82, 2.24) is 20.9 Å². The first-order chi connectivity index (χ1) is 18.3. The number of hydrogen-bond acceptors (Lipinski definition) is 7. The zero-order chi connectivity index (χ0) is 29.3. The van der Waals surface area contributed by atoms with Crippen LogP contribution in [0.25, 0.3) is 10.9 Å². The van der Waals surface area contributed by atoms with Crippen molar-refractivity contribution in [2.45, 2.75) is 63.7 Å². The van der Waals surface area contributed by atoms with E-state index in [1.807, 2.05) is 18.2 Å². The molecule has 10 N–H and O–H groups in total. The Morgan fingerprint density at radius 3 is 2.15 bits per heavy atom. The summed E-state index contributed by atoms with van der Waals surface area (Å²) in [4.78, 5) is 75.7. The van der Waals surface area contributed by atoms with Gasteiger partial charge < -0.3 is 42.6 Å². The number of amides is 4. The number of fused-ring (bicyclic) bond motifs is 1. The Hall–Kier alpha value is -4.46. The van der Waals surface area contributed by atoms with Crippen LogP contribution in [-0.2, 0) is 35.2 Å². The summed E-state index contributed by atoms with van der Waals surface area (Å²) in [6, 6.07) is 1.97. The first-order valence-electron chi connectivity index (χ1n) is 12.2. The van der Waals surface area contributed by atoms with E-state index in [0.29, 0.717) is 5.56 Å². The van der Waals surface area contributed by atoms with Crippen LogP contribution in [0.2, 0.25) is 0 Å². The Bertz CT molecular complexity index is 1230. The van der Waals surface area contributed by atoms with E-state index in [2.05, 4.69) is 20.9 Å². The van der Waals surface area contributed by atoms with Crippen LogP contribution in [0.1, 0.15) is 38.7 Å². The number of benzene rings is 1. The van der Waals surface area contributed by atoms with Crippen molar-refractivity contribution in [3.8, 4) is 0 Å². The smallest absolute Gasteiger partial charge is 0.326 e. The summed E-state index contributed by atoms with van der Waals surface area (Å²) in [6.07, 6.45) is 0.412. The first kappa shape index (κ1) is 30.8. The molecule has 39 heavy (non-hydrogen) atoms. The monoisotopic (exact) mass is 546 g/mol. The van der Waals surface area contributed by atoms with E-state index in [1.165, 1.54) is 0 Å². The van der Waals surface area contributed by atoms with E-state index in [0.717, 1.165) is 10.9 Å². The number of rotatable bonds is 15. The molecule has 0 saturated carbocycles. The molecule has 0 aliphatic carbocycles. The van der Waals surface area contributed by atoms with E-state index in [-0.39, 0.29) is 19.3 Å². The summed E-state index contributed by atoms with van der Waals surface area (Å²) >= 11 is 0. The lowest BCUT2D eigenvalue weighted by Gasteiger charge is -2.26. The minimum absolute atomic E-state index is 0.0293. The Kier molecular flexibility index (Phi) is 11.0. The maximum atomic E-state index is 13.1. The van der Waals surface area contributed by atoms with Gasteiger partial charge in [-0.2, -0.15) is 0 Å². The number of aromatic nitrogens is 1. The normalized spacial score (nSPS) is 14.2. The number of nitrogens with two attached hydrogens (primary N) is 2. The van der Waals surface area contributed by atoms with Crippen molar-refractivity contribution in [3.63, 3.8) is 0 Å². The van der Waals surface area contributed by atoms with Crippen LogP contribution in [0.4, 0.5) is 0 Å². The second kappa shape index (κ2) is 13.9. The number of aliphatic carboxylic acids is 2. The van der Waals surface area contributed by atoms with Gasteiger partial charge in [0.15, 0.2) is 0 Å². The predicted octanol–water partition coefficient (Wildman–Crippen LogP) is -1.03. The molecule has 0 bridgehead atoms. The molecule has 1 heterocycles. The Labute approximate surface area is 223 Å². The maximum absolute atomic E-state index is 13.1. The number of carbonyl (C=O) groups is 6. The Balaban J connectivity index is 2.14. The lowest BCUT2D eigenvalue weighted by Crippen LogP contribution is -2.59. The first-order valence-corrected chi connectivity index (χ1v) is 12.2. The van der Waals surface area contributed by atoms with Crippen LogP contribution in [0.5, 0.6) is 0 Å². The number of primary amides is 1. The number of carboxylic acids is 2. The van der Waals surface area contributed by atoms with Gasteiger partial charge in [-0.15, -0.1) is 0 Å². The van der Waals surface area contributed by atoms with Gasteiger partial charge in [0.1, 0.15) is 18.1 Å². The molecule has 0 aliphatic rings. The van der Waals surface area contributed by atoms with Gasteiger partial charge in [0.05, 0.1) is 12.5 Å². The molecule has 0 saturated heterocycles. The zero-order valence-electron chi connectivity index (χ0n) is 21.6. The highest BCUT2D eigenvalue weighted by molar-refractivity contribution is 5.96. The van der Waals surface area contributed by atoms with Gasteiger partial charge in [0.2, 0.25) is 23.6 Å². The number of nitrogens with one attached hydrogen (secondary N) is 4. The van der Waals surface area contributed by atoms with Crippen LogP contribution >= 0.6 is 0 Å². The molecule has 4 amide bonds. The number of carbonyl (C=O) groups excluding carboxylic acids is 4. The van der Waals surface area contributed by atoms with E-state index in [4.69, 9.17) is 16.6 Å². The topological polar surface area (TPSA) is 247 Å². The third-order valence-corrected chi connectivity index (χ3v) is 6.00. The molecule has 4 atom stereocenters. The van der Waals surface area contributed by atoms with Crippen LogP contribution in [0.3, 0.4) is 0 Å². The molecule has 0 spiro atoms. The standard InChI is InChI=1S/C25H34N6O8/c1-12(2)21(31-23(36)17(10-19(27)32)29-22(35)15(26)7-8-20(33)34)24(37)30-18(25(38)39)9-13-11-28-16-6-4-3-5-14(13)16/h3-6,11-12,15,17-18,21,28H,7-10,26H2,1-2H3,(H2,27,32)(H,29,35)(H,30,37)(H,31,36)(H,33,34)(H,38,39). The number of hydrogen-bond donors (Lipinski definition) is 8. The highest BCUT2D eigenvalue weighted by atomic mass is 16.4. The summed E-state index contributed by atoms with van der Waals surface area (Å²) in [5, 5.41) is 26.5. The fourth-order valence-electron chi connectivity index (χ4n) is 3.87. The van der Waals surface area contributed by atoms with Crippen LogP contribution in [-0.4, -0.2) is 74.9 Å². The van der Waals surface area contributed by atoms with E-state index >= 15 is 0 Å². The van der Waals surface area contributed by atoms with Crippen LogP contribution in [0.15, 0.2) is 30.5 Å². The third-order valence-electron chi connectivity index (χ3n) is 6.00. The van der Waals surface area contributed by atoms with E-state index < -0.39 is 72.1 Å². The molecular formula is C25H34N6O8. The average molecular weight is 547 g/mol. The molecule has 2 rings (SSSR count). The quantitative estimate of drug-likeness (QED) is 0.136. The Morgan fingerprint density at radius 2 is 1.56 bits per heavy atom. The van der Waals surface area contributed by atoms with Crippen molar-refractivity contribution in [3.05, 3.63) is 36.0 Å². The van der Waals surface area contributed by atoms with Crippen molar-refractivity contribution in [2.75, 3.05) is 0 Å². The zero-order valence-corrected chi connectivity index (χ0v) is 21.6. The second-order valence-corrected chi connectivity index (χ2v) is 9.46. The van der Waals surface area contributed by atoms with Crippen molar-refractivity contribution >= 4 is 46.5 Å². The second-order valence-electron chi connectivity index (χ2n) is 9.46. The van der Waals surface area contributed by atoms with Gasteiger partial charge in [-0.1, -0.05) is 32.0 Å². The molecule has 4 unspecified atom stereocenters. The van der Waals surface area contributed by atoms with Crippen LogP contribution in [0, 0.1) is 5.92 Å². The van der Waals surface area contributed by atoms with Crippen molar-refractivity contribution in [2.24, 2.45) is 17.4 Å². The van der Waals surface area contributed by atoms with Gasteiger partial charge in [0.25, 0.3) is 0 Å².